The van der Waals surface area contributed by atoms with E-state index < -0.39 is 0 Å². The zero-order valence-electron chi connectivity index (χ0n) is 13.0. The van der Waals surface area contributed by atoms with Crippen molar-refractivity contribution in [1.29, 1.82) is 0 Å². The minimum Gasteiger partial charge on any atom is -0.423 e. The molecule has 0 amide bonds. The molecule has 0 aliphatic rings. The van der Waals surface area contributed by atoms with Crippen LogP contribution >= 0.6 is 11.3 Å². The molecule has 3 rings (SSSR count). The van der Waals surface area contributed by atoms with Gasteiger partial charge in [-0.2, -0.15) is 5.10 Å². The Morgan fingerprint density at radius 1 is 1.17 bits per heavy atom. The summed E-state index contributed by atoms with van der Waals surface area (Å²) in [5.74, 6) is 0.113. The van der Waals surface area contributed by atoms with E-state index in [-0.39, 0.29) is 5.97 Å². The van der Waals surface area contributed by atoms with Crippen LogP contribution in [0.5, 0.6) is 5.75 Å². The molecule has 0 spiro atoms. The van der Waals surface area contributed by atoms with Crippen molar-refractivity contribution in [1.82, 2.24) is 4.98 Å². The number of carbonyl (C=O) groups excluding carboxylic acids is 1. The van der Waals surface area contributed by atoms with Gasteiger partial charge in [-0.05, 0) is 48.9 Å². The number of rotatable bonds is 5. The number of hydrogen-bond donors (Lipinski definition) is 1. The van der Waals surface area contributed by atoms with Gasteiger partial charge < -0.3 is 4.74 Å². The molecule has 0 saturated heterocycles. The number of aromatic nitrogens is 1. The molecule has 0 atom stereocenters. The summed E-state index contributed by atoms with van der Waals surface area (Å²) in [5, 5.41) is 6.83. The first-order chi connectivity index (χ1) is 11.7. The Morgan fingerprint density at radius 3 is 2.58 bits per heavy atom. The highest BCUT2D eigenvalue weighted by molar-refractivity contribution is 7.13. The monoisotopic (exact) mass is 337 g/mol. The first kappa shape index (κ1) is 15.9. The molecular formula is C18H15N3O2S. The van der Waals surface area contributed by atoms with Gasteiger partial charge in [0.2, 0.25) is 5.13 Å². The Bertz CT molecular complexity index is 842. The van der Waals surface area contributed by atoms with Crippen molar-refractivity contribution in [2.24, 2.45) is 5.10 Å². The summed E-state index contributed by atoms with van der Waals surface area (Å²) in [6, 6.07) is 16.0. The Kier molecular flexibility index (Phi) is 4.98. The van der Waals surface area contributed by atoms with Crippen LogP contribution < -0.4 is 10.2 Å². The summed E-state index contributed by atoms with van der Waals surface area (Å²) in [6.07, 6.45) is 1.68. The van der Waals surface area contributed by atoms with Crippen molar-refractivity contribution in [2.45, 2.75) is 6.92 Å². The topological polar surface area (TPSA) is 63.6 Å². The summed E-state index contributed by atoms with van der Waals surface area (Å²) in [7, 11) is 0. The maximum absolute atomic E-state index is 12.0. The second kappa shape index (κ2) is 7.52. The van der Waals surface area contributed by atoms with E-state index in [0.717, 1.165) is 16.4 Å². The molecule has 0 bridgehead atoms. The number of nitrogens with zero attached hydrogens (tertiary/aromatic N) is 2. The summed E-state index contributed by atoms with van der Waals surface area (Å²) < 4.78 is 5.32. The van der Waals surface area contributed by atoms with E-state index in [1.165, 1.54) is 11.3 Å². The van der Waals surface area contributed by atoms with Crippen LogP contribution in [0.3, 0.4) is 0 Å². The van der Waals surface area contributed by atoms with Gasteiger partial charge >= 0.3 is 5.97 Å². The Balaban J connectivity index is 1.58. The lowest BCUT2D eigenvalue weighted by Crippen LogP contribution is -2.08. The van der Waals surface area contributed by atoms with Crippen LogP contribution in [0.2, 0.25) is 0 Å². The summed E-state index contributed by atoms with van der Waals surface area (Å²) in [5.41, 5.74) is 5.24. The molecule has 0 fully saturated rings. The fraction of sp³-hybridized carbons (Fsp3) is 0.0556. The van der Waals surface area contributed by atoms with Gasteiger partial charge in [0, 0.05) is 5.38 Å². The molecule has 120 valence electrons. The zero-order valence-corrected chi connectivity index (χ0v) is 13.8. The third kappa shape index (κ3) is 4.27. The number of benzene rings is 2. The molecule has 1 N–H and O–H groups in total. The maximum Gasteiger partial charge on any atom is 0.343 e. The lowest BCUT2D eigenvalue weighted by atomic mass is 10.2. The van der Waals surface area contributed by atoms with E-state index in [9.17, 15) is 4.79 Å². The highest BCUT2D eigenvalue weighted by Gasteiger charge is 2.07. The first-order valence-corrected chi connectivity index (χ1v) is 8.17. The SMILES string of the molecule is Cc1csc(NN=Cc2ccc(OC(=O)c3ccccc3)cc2)n1. The number of aryl methyl sites for hydroxylation is 1. The highest BCUT2D eigenvalue weighted by atomic mass is 32.1. The average Bonchev–Trinajstić information content (AvgIpc) is 3.02. The van der Waals surface area contributed by atoms with Gasteiger partial charge in [-0.3, -0.25) is 5.43 Å². The van der Waals surface area contributed by atoms with E-state index in [4.69, 9.17) is 4.74 Å². The second-order valence-electron chi connectivity index (χ2n) is 4.99. The Hall–Kier alpha value is -2.99. The maximum atomic E-state index is 12.0. The number of carbonyl (C=O) groups is 1. The number of ether oxygens (including phenoxy) is 1. The lowest BCUT2D eigenvalue weighted by Gasteiger charge is -2.04. The number of thiazole rings is 1. The number of hydrogen-bond acceptors (Lipinski definition) is 6. The minimum absolute atomic E-state index is 0.377. The molecule has 1 aromatic heterocycles. The van der Waals surface area contributed by atoms with Gasteiger partial charge in [-0.1, -0.05) is 18.2 Å². The zero-order chi connectivity index (χ0) is 16.8. The van der Waals surface area contributed by atoms with Crippen molar-refractivity contribution in [2.75, 3.05) is 5.43 Å². The van der Waals surface area contributed by atoms with Crippen LogP contribution in [0, 0.1) is 6.92 Å². The van der Waals surface area contributed by atoms with E-state index in [0.29, 0.717) is 11.3 Å². The van der Waals surface area contributed by atoms with Gasteiger partial charge in [0.25, 0.3) is 0 Å². The van der Waals surface area contributed by atoms with Gasteiger partial charge in [0.1, 0.15) is 5.75 Å². The van der Waals surface area contributed by atoms with Gasteiger partial charge in [-0.15, -0.1) is 11.3 Å². The van der Waals surface area contributed by atoms with Crippen LogP contribution in [-0.2, 0) is 0 Å². The third-order valence-corrected chi connectivity index (χ3v) is 3.96. The van der Waals surface area contributed by atoms with Crippen LogP contribution in [-0.4, -0.2) is 17.2 Å². The molecule has 2 aromatic carbocycles. The van der Waals surface area contributed by atoms with Crippen LogP contribution in [0.1, 0.15) is 21.6 Å². The minimum atomic E-state index is -0.377. The quantitative estimate of drug-likeness (QED) is 0.329. The summed E-state index contributed by atoms with van der Waals surface area (Å²) >= 11 is 1.50. The van der Waals surface area contributed by atoms with E-state index in [1.54, 1.807) is 42.6 Å². The predicted octanol–water partition coefficient (Wildman–Crippen LogP) is 4.12. The normalized spacial score (nSPS) is 10.7. The molecule has 0 aliphatic heterocycles. The molecular weight excluding hydrogens is 322 g/mol. The largest absolute Gasteiger partial charge is 0.423 e. The van der Waals surface area contributed by atoms with Crippen molar-refractivity contribution in [3.05, 3.63) is 76.8 Å². The smallest absolute Gasteiger partial charge is 0.343 e. The average molecular weight is 337 g/mol. The van der Waals surface area contributed by atoms with E-state index in [1.807, 2.05) is 30.5 Å². The first-order valence-electron chi connectivity index (χ1n) is 7.29. The number of hydrazone groups is 1. The van der Waals surface area contributed by atoms with Gasteiger partial charge in [0.05, 0.1) is 17.5 Å². The van der Waals surface area contributed by atoms with Crippen molar-refractivity contribution >= 4 is 28.7 Å². The Morgan fingerprint density at radius 2 is 1.92 bits per heavy atom. The molecule has 5 nitrogen and oxygen atoms in total. The van der Waals surface area contributed by atoms with Crippen molar-refractivity contribution in [3.8, 4) is 5.75 Å². The number of nitrogens with one attached hydrogen (secondary N) is 1. The standard InChI is InChI=1S/C18H15N3O2S/c1-13-12-24-18(20-13)21-19-11-14-7-9-16(10-8-14)23-17(22)15-5-3-2-4-6-15/h2-12H,1H3,(H,20,21). The fourth-order valence-electron chi connectivity index (χ4n) is 1.93. The summed E-state index contributed by atoms with van der Waals surface area (Å²) in [6.45, 7) is 1.93. The second-order valence-corrected chi connectivity index (χ2v) is 5.85. The van der Waals surface area contributed by atoms with Gasteiger partial charge in [-0.25, -0.2) is 9.78 Å². The number of anilines is 1. The molecule has 0 aliphatic carbocycles. The highest BCUT2D eigenvalue weighted by Crippen LogP contribution is 2.15. The predicted molar refractivity (Wildman–Crippen MR) is 95.9 cm³/mol. The molecule has 6 heteroatoms. The molecule has 1 heterocycles. The Labute approximate surface area is 143 Å². The van der Waals surface area contributed by atoms with Crippen LogP contribution in [0.4, 0.5) is 5.13 Å². The molecule has 0 saturated carbocycles. The molecule has 3 aromatic rings. The fourth-order valence-corrected chi connectivity index (χ4v) is 2.57. The van der Waals surface area contributed by atoms with Crippen LogP contribution in [0.15, 0.2) is 65.1 Å². The lowest BCUT2D eigenvalue weighted by molar-refractivity contribution is 0.0735. The molecule has 24 heavy (non-hydrogen) atoms. The summed E-state index contributed by atoms with van der Waals surface area (Å²) in [4.78, 5) is 16.2. The molecule has 0 unspecified atom stereocenters. The van der Waals surface area contributed by atoms with Crippen LogP contribution in [0.25, 0.3) is 0 Å². The van der Waals surface area contributed by atoms with E-state index in [2.05, 4.69) is 15.5 Å². The van der Waals surface area contributed by atoms with Crippen molar-refractivity contribution in [3.63, 3.8) is 0 Å². The third-order valence-electron chi connectivity index (χ3n) is 3.09. The van der Waals surface area contributed by atoms with Crippen molar-refractivity contribution < 1.29 is 9.53 Å². The van der Waals surface area contributed by atoms with Gasteiger partial charge in [0.15, 0.2) is 0 Å². The van der Waals surface area contributed by atoms with E-state index >= 15 is 0 Å². The number of esters is 1. The molecule has 0 radical (unpaired) electrons.